The molecule has 0 aliphatic rings. The third kappa shape index (κ3) is 2.65. The van der Waals surface area contributed by atoms with Crippen LogP contribution in [0.5, 0.6) is 0 Å². The highest BCUT2D eigenvalue weighted by Crippen LogP contribution is 2.33. The van der Waals surface area contributed by atoms with Crippen LogP contribution < -0.4 is 5.73 Å². The summed E-state index contributed by atoms with van der Waals surface area (Å²) in [4.78, 5) is 15.3. The summed E-state index contributed by atoms with van der Waals surface area (Å²) in [5, 5.41) is 14.6. The van der Waals surface area contributed by atoms with Crippen LogP contribution in [0.25, 0.3) is 22.2 Å². The second-order valence-electron chi connectivity index (χ2n) is 4.06. The van der Waals surface area contributed by atoms with Gasteiger partial charge >= 0.3 is 0 Å². The number of rotatable bonds is 3. The number of nitrogens with zero attached hydrogens (tertiary/aromatic N) is 3. The Morgan fingerprint density at radius 2 is 2.14 bits per heavy atom. The minimum Gasteiger partial charge on any atom is -0.398 e. The van der Waals surface area contributed by atoms with Crippen molar-refractivity contribution in [1.82, 2.24) is 10.1 Å². The first-order valence-corrected chi connectivity index (χ1v) is 7.29. The molecule has 0 saturated carbocycles. The second-order valence-corrected chi connectivity index (χ2v) is 6.52. The van der Waals surface area contributed by atoms with Crippen molar-refractivity contribution in [3.05, 3.63) is 44.2 Å². The van der Waals surface area contributed by atoms with Gasteiger partial charge in [0.05, 0.1) is 24.8 Å². The van der Waals surface area contributed by atoms with E-state index in [1.807, 2.05) is 12.1 Å². The summed E-state index contributed by atoms with van der Waals surface area (Å²) in [7, 11) is 0. The highest BCUT2D eigenvalue weighted by molar-refractivity contribution is 9.11. The number of nitrogen functional groups attached to an aromatic ring is 1. The smallest absolute Gasteiger partial charge is 0.271 e. The van der Waals surface area contributed by atoms with Crippen LogP contribution in [-0.2, 0) is 0 Å². The van der Waals surface area contributed by atoms with Gasteiger partial charge in [0, 0.05) is 12.1 Å². The number of thiophene rings is 1. The Morgan fingerprint density at radius 1 is 1.33 bits per heavy atom. The fourth-order valence-electron chi connectivity index (χ4n) is 1.73. The molecule has 2 heterocycles. The van der Waals surface area contributed by atoms with Crippen LogP contribution in [0.3, 0.4) is 0 Å². The van der Waals surface area contributed by atoms with Gasteiger partial charge in [-0.3, -0.25) is 10.1 Å². The Labute approximate surface area is 130 Å². The molecule has 2 aromatic heterocycles. The topological polar surface area (TPSA) is 108 Å². The largest absolute Gasteiger partial charge is 0.398 e. The van der Waals surface area contributed by atoms with E-state index in [0.717, 1.165) is 8.66 Å². The van der Waals surface area contributed by atoms with Crippen LogP contribution in [0.4, 0.5) is 11.4 Å². The summed E-state index contributed by atoms with van der Waals surface area (Å²) >= 11 is 4.83. The van der Waals surface area contributed by atoms with Crippen molar-refractivity contribution < 1.29 is 9.45 Å². The highest BCUT2D eigenvalue weighted by Gasteiger charge is 2.16. The van der Waals surface area contributed by atoms with Crippen LogP contribution in [0.1, 0.15) is 0 Å². The first kappa shape index (κ1) is 13.7. The first-order valence-electron chi connectivity index (χ1n) is 5.68. The van der Waals surface area contributed by atoms with E-state index >= 15 is 0 Å². The lowest BCUT2D eigenvalue weighted by Crippen LogP contribution is -1.94. The fraction of sp³-hybridized carbons (Fsp3) is 0. The molecule has 9 heteroatoms. The molecular formula is C12H7BrN4O3S. The molecule has 106 valence electrons. The monoisotopic (exact) mass is 366 g/mol. The van der Waals surface area contributed by atoms with Gasteiger partial charge in [-0.1, -0.05) is 5.16 Å². The molecular weight excluding hydrogens is 360 g/mol. The Kier molecular flexibility index (Phi) is 3.43. The van der Waals surface area contributed by atoms with Gasteiger partial charge in [-0.2, -0.15) is 4.98 Å². The minimum absolute atomic E-state index is 0.0850. The van der Waals surface area contributed by atoms with Crippen LogP contribution in [0.15, 0.2) is 38.6 Å². The van der Waals surface area contributed by atoms with Gasteiger partial charge in [-0.25, -0.2) is 0 Å². The number of nitro benzene ring substituents is 1. The predicted octanol–water partition coefficient (Wildman–Crippen LogP) is 3.72. The second kappa shape index (κ2) is 5.26. The van der Waals surface area contributed by atoms with E-state index < -0.39 is 4.92 Å². The van der Waals surface area contributed by atoms with E-state index in [1.165, 1.54) is 29.5 Å². The molecule has 0 amide bonds. The number of anilines is 1. The average Bonchev–Trinajstić information content (AvgIpc) is 3.07. The number of aromatic nitrogens is 2. The fourth-order valence-corrected chi connectivity index (χ4v) is 3.04. The Hall–Kier alpha value is -2.26. The third-order valence-corrected chi connectivity index (χ3v) is 4.32. The molecule has 7 nitrogen and oxygen atoms in total. The van der Waals surface area contributed by atoms with Gasteiger partial charge in [0.2, 0.25) is 5.82 Å². The lowest BCUT2D eigenvalue weighted by molar-refractivity contribution is -0.384. The summed E-state index contributed by atoms with van der Waals surface area (Å²) in [6.45, 7) is 0. The average molecular weight is 367 g/mol. The molecule has 0 spiro atoms. The molecule has 0 aliphatic carbocycles. The molecule has 1 aromatic carbocycles. The summed E-state index contributed by atoms with van der Waals surface area (Å²) in [5.74, 6) is 0.667. The van der Waals surface area contributed by atoms with E-state index in [0.29, 0.717) is 11.4 Å². The lowest BCUT2D eigenvalue weighted by Gasteiger charge is -1.99. The quantitative estimate of drug-likeness (QED) is 0.429. The number of halogens is 1. The van der Waals surface area contributed by atoms with Gasteiger partial charge < -0.3 is 10.3 Å². The maximum absolute atomic E-state index is 10.7. The van der Waals surface area contributed by atoms with Crippen molar-refractivity contribution >= 4 is 38.6 Å². The van der Waals surface area contributed by atoms with Gasteiger partial charge in [0.15, 0.2) is 0 Å². The summed E-state index contributed by atoms with van der Waals surface area (Å²) in [6.07, 6.45) is 0. The van der Waals surface area contributed by atoms with E-state index in [1.54, 1.807) is 0 Å². The van der Waals surface area contributed by atoms with Gasteiger partial charge in [-0.15, -0.1) is 11.3 Å². The molecule has 2 N–H and O–H groups in total. The van der Waals surface area contributed by atoms with Crippen LogP contribution in [0.2, 0.25) is 0 Å². The molecule has 0 aliphatic heterocycles. The lowest BCUT2D eigenvalue weighted by atomic mass is 10.1. The first-order chi connectivity index (χ1) is 10.0. The number of non-ortho nitro benzene ring substituents is 1. The maximum Gasteiger partial charge on any atom is 0.271 e. The maximum atomic E-state index is 10.7. The molecule has 21 heavy (non-hydrogen) atoms. The van der Waals surface area contributed by atoms with Crippen molar-refractivity contribution in [2.24, 2.45) is 0 Å². The van der Waals surface area contributed by atoms with E-state index in [2.05, 4.69) is 26.1 Å². The Balaban J connectivity index is 1.98. The zero-order chi connectivity index (χ0) is 15.0. The number of benzene rings is 1. The van der Waals surface area contributed by atoms with Crippen LogP contribution >= 0.6 is 27.3 Å². The Morgan fingerprint density at radius 3 is 2.76 bits per heavy atom. The van der Waals surface area contributed by atoms with E-state index in [9.17, 15) is 10.1 Å². The van der Waals surface area contributed by atoms with E-state index in [-0.39, 0.29) is 17.3 Å². The SMILES string of the molecule is Nc1cc([N+](=O)[O-])ccc1-c1nc(-c2ccc(Br)s2)no1. The summed E-state index contributed by atoms with van der Waals surface area (Å²) in [5.41, 5.74) is 6.40. The third-order valence-electron chi connectivity index (χ3n) is 2.70. The van der Waals surface area contributed by atoms with Crippen molar-refractivity contribution in [1.29, 1.82) is 0 Å². The van der Waals surface area contributed by atoms with E-state index in [4.69, 9.17) is 10.3 Å². The standard InChI is InChI=1S/C12H7BrN4O3S/c13-10-4-3-9(21-10)11-15-12(20-16-11)7-2-1-6(17(18)19)5-8(7)14/h1-5H,14H2. The van der Waals surface area contributed by atoms with Crippen LogP contribution in [0, 0.1) is 10.1 Å². The molecule has 0 unspecified atom stereocenters. The molecule has 3 rings (SSSR count). The number of hydrogen-bond acceptors (Lipinski definition) is 7. The minimum atomic E-state index is -0.511. The molecule has 0 bridgehead atoms. The van der Waals surface area contributed by atoms with Crippen molar-refractivity contribution in [2.75, 3.05) is 5.73 Å². The van der Waals surface area contributed by atoms with Crippen molar-refractivity contribution in [3.8, 4) is 22.2 Å². The predicted molar refractivity (Wildman–Crippen MR) is 81.8 cm³/mol. The number of nitro groups is 1. The number of hydrogen-bond donors (Lipinski definition) is 1. The van der Waals surface area contributed by atoms with Crippen molar-refractivity contribution in [2.45, 2.75) is 0 Å². The zero-order valence-electron chi connectivity index (χ0n) is 10.3. The molecule has 0 atom stereocenters. The van der Waals surface area contributed by atoms with Crippen LogP contribution in [-0.4, -0.2) is 15.1 Å². The Bertz CT molecular complexity index is 830. The van der Waals surface area contributed by atoms with Gasteiger partial charge in [0.1, 0.15) is 0 Å². The highest BCUT2D eigenvalue weighted by atomic mass is 79.9. The molecule has 0 saturated heterocycles. The molecule has 0 fully saturated rings. The van der Waals surface area contributed by atoms with Crippen molar-refractivity contribution in [3.63, 3.8) is 0 Å². The molecule has 0 radical (unpaired) electrons. The normalized spacial score (nSPS) is 10.7. The zero-order valence-corrected chi connectivity index (χ0v) is 12.7. The van der Waals surface area contributed by atoms with Gasteiger partial charge in [0.25, 0.3) is 11.6 Å². The molecule has 3 aromatic rings. The van der Waals surface area contributed by atoms with Gasteiger partial charge in [-0.05, 0) is 34.1 Å². The summed E-state index contributed by atoms with van der Waals surface area (Å²) in [6, 6.07) is 7.85. The summed E-state index contributed by atoms with van der Waals surface area (Å²) < 4.78 is 6.13. The number of nitrogens with two attached hydrogens (primary N) is 1.